The lowest BCUT2D eigenvalue weighted by atomic mass is 9.80. The summed E-state index contributed by atoms with van der Waals surface area (Å²) in [7, 11) is 0. The molecule has 0 aromatic heterocycles. The number of rotatable bonds is 4. The van der Waals surface area contributed by atoms with Gasteiger partial charge in [-0.15, -0.1) is 0 Å². The quantitative estimate of drug-likeness (QED) is 0.644. The molecule has 0 aromatic rings. The summed E-state index contributed by atoms with van der Waals surface area (Å²) in [6.07, 6.45) is 3.90. The smallest absolute Gasteiger partial charge is 0.226 e. The first-order chi connectivity index (χ1) is 7.60. The van der Waals surface area contributed by atoms with Crippen molar-refractivity contribution in [3.05, 3.63) is 0 Å². The molecule has 0 spiro atoms. The average Bonchev–Trinajstić information content (AvgIpc) is 3.07. The molecule has 0 radical (unpaired) electrons. The number of nitrogens with one attached hydrogen (secondary N) is 2. The van der Waals surface area contributed by atoms with Crippen LogP contribution in [0.25, 0.3) is 0 Å². The zero-order valence-electron chi connectivity index (χ0n) is 10.0. The van der Waals surface area contributed by atoms with E-state index >= 15 is 0 Å². The molecule has 1 aliphatic heterocycles. The van der Waals surface area contributed by atoms with Crippen molar-refractivity contribution in [3.63, 3.8) is 0 Å². The lowest BCUT2D eigenvalue weighted by Crippen LogP contribution is -2.47. The summed E-state index contributed by atoms with van der Waals surface area (Å²) in [5.41, 5.74) is -0.199. The first kappa shape index (κ1) is 11.9. The van der Waals surface area contributed by atoms with Gasteiger partial charge in [-0.1, -0.05) is 6.92 Å². The SMILES string of the molecule is CC1(C(=O)NCC2(CO)CC2)CCNCC1. The van der Waals surface area contributed by atoms with E-state index in [9.17, 15) is 9.90 Å². The van der Waals surface area contributed by atoms with Gasteiger partial charge in [-0.25, -0.2) is 0 Å². The maximum absolute atomic E-state index is 12.1. The topological polar surface area (TPSA) is 61.4 Å². The summed E-state index contributed by atoms with van der Waals surface area (Å²) >= 11 is 0. The zero-order chi connectivity index (χ0) is 11.6. The Morgan fingerprint density at radius 2 is 1.94 bits per heavy atom. The molecule has 0 bridgehead atoms. The third kappa shape index (κ3) is 2.38. The molecule has 1 aliphatic carbocycles. The molecule has 1 amide bonds. The Kier molecular flexibility index (Phi) is 3.22. The largest absolute Gasteiger partial charge is 0.396 e. The normalized spacial score (nSPS) is 26.1. The van der Waals surface area contributed by atoms with Crippen LogP contribution in [-0.4, -0.2) is 37.3 Å². The molecule has 4 nitrogen and oxygen atoms in total. The van der Waals surface area contributed by atoms with Gasteiger partial charge < -0.3 is 15.7 Å². The molecule has 2 rings (SSSR count). The van der Waals surface area contributed by atoms with Gasteiger partial charge in [0.25, 0.3) is 0 Å². The summed E-state index contributed by atoms with van der Waals surface area (Å²) in [5.74, 6) is 0.161. The highest BCUT2D eigenvalue weighted by Gasteiger charge is 2.43. The van der Waals surface area contributed by atoms with Crippen molar-refractivity contribution in [2.24, 2.45) is 10.8 Å². The number of hydrogen-bond donors (Lipinski definition) is 3. The van der Waals surface area contributed by atoms with Gasteiger partial charge in [0, 0.05) is 17.4 Å². The van der Waals surface area contributed by atoms with Gasteiger partial charge in [0.2, 0.25) is 5.91 Å². The minimum Gasteiger partial charge on any atom is -0.396 e. The van der Waals surface area contributed by atoms with Gasteiger partial charge in [-0.3, -0.25) is 4.79 Å². The molecule has 1 saturated carbocycles. The van der Waals surface area contributed by atoms with Crippen LogP contribution in [-0.2, 0) is 4.79 Å². The lowest BCUT2D eigenvalue weighted by Gasteiger charge is -2.33. The molecule has 16 heavy (non-hydrogen) atoms. The summed E-state index contributed by atoms with van der Waals surface area (Å²) in [5, 5.41) is 15.5. The van der Waals surface area contributed by atoms with Crippen molar-refractivity contribution < 1.29 is 9.90 Å². The van der Waals surface area contributed by atoms with Crippen LogP contribution in [0.3, 0.4) is 0 Å². The van der Waals surface area contributed by atoms with Crippen LogP contribution in [0.15, 0.2) is 0 Å². The zero-order valence-corrected chi connectivity index (χ0v) is 10.0. The van der Waals surface area contributed by atoms with Crippen molar-refractivity contribution in [1.29, 1.82) is 0 Å². The molecular weight excluding hydrogens is 204 g/mol. The summed E-state index contributed by atoms with van der Waals surface area (Å²) in [6, 6.07) is 0. The Morgan fingerprint density at radius 1 is 1.31 bits per heavy atom. The van der Waals surface area contributed by atoms with Gasteiger partial charge in [-0.2, -0.15) is 0 Å². The maximum atomic E-state index is 12.1. The van der Waals surface area contributed by atoms with Crippen LogP contribution in [0, 0.1) is 10.8 Å². The Morgan fingerprint density at radius 3 is 2.44 bits per heavy atom. The molecule has 0 atom stereocenters. The van der Waals surface area contributed by atoms with Gasteiger partial charge in [0.1, 0.15) is 0 Å². The molecule has 2 aliphatic rings. The van der Waals surface area contributed by atoms with E-state index < -0.39 is 0 Å². The highest BCUT2D eigenvalue weighted by Crippen LogP contribution is 2.44. The van der Waals surface area contributed by atoms with E-state index in [1.165, 1.54) is 0 Å². The molecule has 1 heterocycles. The third-order valence-electron chi connectivity index (χ3n) is 4.17. The van der Waals surface area contributed by atoms with Crippen molar-refractivity contribution in [2.45, 2.75) is 32.6 Å². The predicted molar refractivity (Wildman–Crippen MR) is 62.0 cm³/mol. The van der Waals surface area contributed by atoms with E-state index in [1.807, 2.05) is 6.92 Å². The summed E-state index contributed by atoms with van der Waals surface area (Å²) in [4.78, 5) is 12.1. The molecule has 2 fully saturated rings. The molecule has 3 N–H and O–H groups in total. The Hall–Kier alpha value is -0.610. The number of aliphatic hydroxyl groups is 1. The van der Waals surface area contributed by atoms with E-state index in [-0.39, 0.29) is 23.3 Å². The minimum atomic E-state index is -0.212. The average molecular weight is 226 g/mol. The molecular formula is C12H22N2O2. The second-order valence-corrected chi connectivity index (χ2v) is 5.65. The fourth-order valence-corrected chi connectivity index (χ4v) is 2.25. The fourth-order valence-electron chi connectivity index (χ4n) is 2.25. The lowest BCUT2D eigenvalue weighted by molar-refractivity contribution is -0.131. The number of amides is 1. The van der Waals surface area contributed by atoms with Gasteiger partial charge in [-0.05, 0) is 38.8 Å². The highest BCUT2D eigenvalue weighted by atomic mass is 16.3. The second-order valence-electron chi connectivity index (χ2n) is 5.65. The van der Waals surface area contributed by atoms with E-state index in [0.29, 0.717) is 6.54 Å². The number of carbonyl (C=O) groups excluding carboxylic acids is 1. The van der Waals surface area contributed by atoms with Crippen LogP contribution in [0.1, 0.15) is 32.6 Å². The van der Waals surface area contributed by atoms with Crippen molar-refractivity contribution in [2.75, 3.05) is 26.2 Å². The van der Waals surface area contributed by atoms with Crippen LogP contribution in [0.5, 0.6) is 0 Å². The summed E-state index contributed by atoms with van der Waals surface area (Å²) < 4.78 is 0. The maximum Gasteiger partial charge on any atom is 0.226 e. The van der Waals surface area contributed by atoms with E-state index in [1.54, 1.807) is 0 Å². The van der Waals surface area contributed by atoms with E-state index in [4.69, 9.17) is 0 Å². The second kappa shape index (κ2) is 4.34. The fraction of sp³-hybridized carbons (Fsp3) is 0.917. The number of carbonyl (C=O) groups is 1. The predicted octanol–water partition coefficient (Wildman–Crippen LogP) is 0.265. The van der Waals surface area contributed by atoms with Gasteiger partial charge in [0.15, 0.2) is 0 Å². The molecule has 92 valence electrons. The van der Waals surface area contributed by atoms with Crippen molar-refractivity contribution >= 4 is 5.91 Å². The van der Waals surface area contributed by atoms with Crippen LogP contribution in [0.2, 0.25) is 0 Å². The summed E-state index contributed by atoms with van der Waals surface area (Å²) in [6.45, 7) is 4.74. The molecule has 0 unspecified atom stereocenters. The molecule has 0 aromatic carbocycles. The Bertz CT molecular complexity index is 268. The first-order valence-corrected chi connectivity index (χ1v) is 6.20. The monoisotopic (exact) mass is 226 g/mol. The van der Waals surface area contributed by atoms with Crippen molar-refractivity contribution in [3.8, 4) is 0 Å². The van der Waals surface area contributed by atoms with Crippen molar-refractivity contribution in [1.82, 2.24) is 10.6 Å². The first-order valence-electron chi connectivity index (χ1n) is 6.20. The van der Waals surface area contributed by atoms with Crippen LogP contribution >= 0.6 is 0 Å². The Labute approximate surface area is 96.8 Å². The number of piperidine rings is 1. The number of aliphatic hydroxyl groups excluding tert-OH is 1. The van der Waals surface area contributed by atoms with E-state index in [2.05, 4.69) is 10.6 Å². The minimum absolute atomic E-state index is 0.0128. The van der Waals surface area contributed by atoms with Crippen LogP contribution in [0.4, 0.5) is 0 Å². The van der Waals surface area contributed by atoms with E-state index in [0.717, 1.165) is 38.8 Å². The Balaban J connectivity index is 1.82. The number of hydrogen-bond acceptors (Lipinski definition) is 3. The van der Waals surface area contributed by atoms with Crippen LogP contribution < -0.4 is 10.6 Å². The highest BCUT2D eigenvalue weighted by molar-refractivity contribution is 5.82. The van der Waals surface area contributed by atoms with Gasteiger partial charge in [0.05, 0.1) is 6.61 Å². The standard InChI is InChI=1S/C12H22N2O2/c1-11(4-6-13-7-5-11)10(16)14-8-12(9-15)2-3-12/h13,15H,2-9H2,1H3,(H,14,16). The van der Waals surface area contributed by atoms with Gasteiger partial charge >= 0.3 is 0 Å². The third-order valence-corrected chi connectivity index (χ3v) is 4.17. The molecule has 4 heteroatoms. The molecule has 1 saturated heterocycles.